The number of carbonyl (C=O) groups is 3. The first-order chi connectivity index (χ1) is 16.3. The van der Waals surface area contributed by atoms with Crippen molar-refractivity contribution in [3.63, 3.8) is 0 Å². The standard InChI is InChI=1S/C28H22O6/c1-4-26(29)32-23-12-10-22(11-13-23)21-8-5-20(6-9-21)7-18-27(30)33-24-14-16-25(17-15-24)34-28(31)19(2)3/h4-18H,1-2H2,3H3/b18-7+. The smallest absolute Gasteiger partial charge is 0.338 e. The van der Waals surface area contributed by atoms with E-state index in [9.17, 15) is 14.4 Å². The summed E-state index contributed by atoms with van der Waals surface area (Å²) in [6.07, 6.45) is 4.08. The normalized spacial score (nSPS) is 10.4. The van der Waals surface area contributed by atoms with Crippen LogP contribution in [0.2, 0.25) is 0 Å². The summed E-state index contributed by atoms with van der Waals surface area (Å²) in [6, 6.07) is 20.8. The maximum absolute atomic E-state index is 12.1. The maximum atomic E-state index is 12.1. The number of hydrogen-bond acceptors (Lipinski definition) is 6. The van der Waals surface area contributed by atoms with Gasteiger partial charge in [0.05, 0.1) is 0 Å². The SMILES string of the molecule is C=CC(=O)Oc1ccc(-c2ccc(/C=C/C(=O)Oc3ccc(OC(=O)C(=C)C)cc3)cc2)cc1. The van der Waals surface area contributed by atoms with Crippen molar-refractivity contribution >= 4 is 24.0 Å². The summed E-state index contributed by atoms with van der Waals surface area (Å²) < 4.78 is 15.4. The van der Waals surface area contributed by atoms with Gasteiger partial charge in [-0.15, -0.1) is 0 Å². The Morgan fingerprint density at radius 3 is 1.62 bits per heavy atom. The lowest BCUT2D eigenvalue weighted by molar-refractivity contribution is -0.130. The van der Waals surface area contributed by atoms with Gasteiger partial charge in [0.15, 0.2) is 0 Å². The van der Waals surface area contributed by atoms with E-state index in [0.717, 1.165) is 22.8 Å². The fraction of sp³-hybridized carbons (Fsp3) is 0.0357. The highest BCUT2D eigenvalue weighted by molar-refractivity contribution is 5.89. The lowest BCUT2D eigenvalue weighted by atomic mass is 10.0. The molecule has 0 amide bonds. The Hall–Kier alpha value is -4.71. The molecule has 0 saturated carbocycles. The zero-order valence-electron chi connectivity index (χ0n) is 18.5. The molecule has 0 heterocycles. The van der Waals surface area contributed by atoms with E-state index in [0.29, 0.717) is 17.2 Å². The molecule has 0 aliphatic rings. The van der Waals surface area contributed by atoms with Crippen molar-refractivity contribution in [1.82, 2.24) is 0 Å². The minimum atomic E-state index is -0.541. The Kier molecular flexibility index (Phi) is 7.92. The molecule has 0 saturated heterocycles. The van der Waals surface area contributed by atoms with Crippen molar-refractivity contribution in [3.8, 4) is 28.4 Å². The second-order valence-corrected chi connectivity index (χ2v) is 7.17. The van der Waals surface area contributed by atoms with E-state index in [-0.39, 0.29) is 5.57 Å². The van der Waals surface area contributed by atoms with Gasteiger partial charge in [0.1, 0.15) is 17.2 Å². The third-order valence-corrected chi connectivity index (χ3v) is 4.50. The first kappa shape index (κ1) is 23.9. The molecular weight excluding hydrogens is 432 g/mol. The summed E-state index contributed by atoms with van der Waals surface area (Å²) in [5.74, 6) is -0.485. The van der Waals surface area contributed by atoms with Gasteiger partial charge in [-0.3, -0.25) is 0 Å². The van der Waals surface area contributed by atoms with E-state index >= 15 is 0 Å². The number of carbonyl (C=O) groups excluding carboxylic acids is 3. The van der Waals surface area contributed by atoms with Crippen LogP contribution in [0.3, 0.4) is 0 Å². The zero-order valence-corrected chi connectivity index (χ0v) is 18.5. The van der Waals surface area contributed by atoms with Gasteiger partial charge in [-0.1, -0.05) is 49.6 Å². The van der Waals surface area contributed by atoms with Gasteiger partial charge in [-0.05, 0) is 66.1 Å². The van der Waals surface area contributed by atoms with Crippen LogP contribution in [0.5, 0.6) is 17.2 Å². The number of benzene rings is 3. The van der Waals surface area contributed by atoms with E-state index in [1.807, 2.05) is 36.4 Å². The first-order valence-electron chi connectivity index (χ1n) is 10.3. The molecule has 6 nitrogen and oxygen atoms in total. The van der Waals surface area contributed by atoms with E-state index in [4.69, 9.17) is 14.2 Å². The van der Waals surface area contributed by atoms with Crippen LogP contribution in [0.25, 0.3) is 17.2 Å². The largest absolute Gasteiger partial charge is 0.423 e. The first-order valence-corrected chi connectivity index (χ1v) is 10.3. The molecule has 0 aromatic heterocycles. The number of ether oxygens (including phenoxy) is 3. The van der Waals surface area contributed by atoms with E-state index in [1.54, 1.807) is 25.1 Å². The summed E-state index contributed by atoms with van der Waals surface area (Å²) >= 11 is 0. The van der Waals surface area contributed by atoms with Crippen molar-refractivity contribution in [2.45, 2.75) is 6.92 Å². The van der Waals surface area contributed by atoms with Gasteiger partial charge in [0, 0.05) is 17.7 Å². The minimum Gasteiger partial charge on any atom is -0.423 e. The Morgan fingerprint density at radius 1 is 0.676 bits per heavy atom. The number of rotatable bonds is 8. The van der Waals surface area contributed by atoms with E-state index in [1.165, 1.54) is 30.3 Å². The van der Waals surface area contributed by atoms with E-state index in [2.05, 4.69) is 13.2 Å². The summed E-state index contributed by atoms with van der Waals surface area (Å²) in [5, 5.41) is 0. The topological polar surface area (TPSA) is 78.9 Å². The quantitative estimate of drug-likeness (QED) is 0.252. The molecule has 3 rings (SSSR count). The van der Waals surface area contributed by atoms with Gasteiger partial charge < -0.3 is 14.2 Å². The fourth-order valence-corrected chi connectivity index (χ4v) is 2.74. The molecular formula is C28H22O6. The van der Waals surface area contributed by atoms with Crippen LogP contribution in [-0.4, -0.2) is 17.9 Å². The highest BCUT2D eigenvalue weighted by atomic mass is 16.5. The second-order valence-electron chi connectivity index (χ2n) is 7.17. The van der Waals surface area contributed by atoms with Gasteiger partial charge in [-0.25, -0.2) is 14.4 Å². The van der Waals surface area contributed by atoms with Crippen molar-refractivity contribution in [3.05, 3.63) is 109 Å². The highest BCUT2D eigenvalue weighted by Crippen LogP contribution is 2.23. The van der Waals surface area contributed by atoms with Crippen LogP contribution in [0.4, 0.5) is 0 Å². The predicted octanol–water partition coefficient (Wildman–Crippen LogP) is 5.55. The Balaban J connectivity index is 1.56. The minimum absolute atomic E-state index is 0.290. The average molecular weight is 454 g/mol. The van der Waals surface area contributed by atoms with Crippen LogP contribution in [-0.2, 0) is 14.4 Å². The molecule has 0 fully saturated rings. The number of esters is 3. The fourth-order valence-electron chi connectivity index (χ4n) is 2.74. The van der Waals surface area contributed by atoms with Crippen LogP contribution < -0.4 is 14.2 Å². The van der Waals surface area contributed by atoms with Gasteiger partial charge in [-0.2, -0.15) is 0 Å². The molecule has 3 aromatic carbocycles. The van der Waals surface area contributed by atoms with Crippen LogP contribution in [0, 0.1) is 0 Å². The Labute approximate surface area is 197 Å². The number of hydrogen-bond donors (Lipinski definition) is 0. The van der Waals surface area contributed by atoms with Crippen molar-refractivity contribution in [2.75, 3.05) is 0 Å². The Bertz CT molecular complexity index is 1230. The van der Waals surface area contributed by atoms with Crippen LogP contribution in [0.15, 0.2) is 104 Å². The van der Waals surface area contributed by atoms with Gasteiger partial charge in [0.25, 0.3) is 0 Å². The van der Waals surface area contributed by atoms with Crippen molar-refractivity contribution in [2.24, 2.45) is 0 Å². The third kappa shape index (κ3) is 6.90. The van der Waals surface area contributed by atoms with Gasteiger partial charge in [0.2, 0.25) is 0 Å². The third-order valence-electron chi connectivity index (χ3n) is 4.50. The summed E-state index contributed by atoms with van der Waals surface area (Å²) in [4.78, 5) is 34.9. The lowest BCUT2D eigenvalue weighted by Gasteiger charge is -2.06. The molecule has 0 bridgehead atoms. The molecule has 0 radical (unpaired) electrons. The molecule has 6 heteroatoms. The molecule has 0 unspecified atom stereocenters. The van der Waals surface area contributed by atoms with Crippen molar-refractivity contribution < 1.29 is 28.6 Å². The van der Waals surface area contributed by atoms with E-state index < -0.39 is 17.9 Å². The van der Waals surface area contributed by atoms with Crippen LogP contribution in [0.1, 0.15) is 12.5 Å². The molecule has 0 aliphatic heterocycles. The Morgan fingerprint density at radius 2 is 1.12 bits per heavy atom. The average Bonchev–Trinajstić information content (AvgIpc) is 2.84. The van der Waals surface area contributed by atoms with Gasteiger partial charge >= 0.3 is 17.9 Å². The molecule has 0 N–H and O–H groups in total. The zero-order chi connectivity index (χ0) is 24.5. The summed E-state index contributed by atoms with van der Waals surface area (Å²) in [6.45, 7) is 8.44. The molecule has 34 heavy (non-hydrogen) atoms. The lowest BCUT2D eigenvalue weighted by Crippen LogP contribution is -2.08. The monoisotopic (exact) mass is 454 g/mol. The molecule has 0 atom stereocenters. The molecule has 170 valence electrons. The summed E-state index contributed by atoms with van der Waals surface area (Å²) in [5.41, 5.74) is 3.02. The second kappa shape index (κ2) is 11.2. The molecule has 3 aromatic rings. The maximum Gasteiger partial charge on any atom is 0.338 e. The highest BCUT2D eigenvalue weighted by Gasteiger charge is 2.07. The molecule has 0 spiro atoms. The van der Waals surface area contributed by atoms with Crippen LogP contribution >= 0.6 is 0 Å². The summed E-state index contributed by atoms with van der Waals surface area (Å²) in [7, 11) is 0. The predicted molar refractivity (Wildman–Crippen MR) is 129 cm³/mol. The molecule has 0 aliphatic carbocycles. The van der Waals surface area contributed by atoms with Crippen molar-refractivity contribution in [1.29, 1.82) is 0 Å².